The van der Waals surface area contributed by atoms with Crippen LogP contribution in [0.15, 0.2) is 42.5 Å². The first-order valence-corrected chi connectivity index (χ1v) is 10.5. The Hall–Kier alpha value is -2.86. The molecule has 0 aliphatic carbocycles. The molecule has 0 amide bonds. The number of piperazine rings is 1. The highest BCUT2D eigenvalue weighted by Crippen LogP contribution is 2.33. The van der Waals surface area contributed by atoms with Crippen LogP contribution in [-0.2, 0) is 13.5 Å². The second-order valence-corrected chi connectivity index (χ2v) is 7.80. The number of anilines is 1. The summed E-state index contributed by atoms with van der Waals surface area (Å²) in [7, 11) is 1.95. The summed E-state index contributed by atoms with van der Waals surface area (Å²) in [6.07, 6.45) is 0.738. The van der Waals surface area contributed by atoms with Gasteiger partial charge in [0, 0.05) is 62.7 Å². The fourth-order valence-corrected chi connectivity index (χ4v) is 4.09. The lowest BCUT2D eigenvalue weighted by molar-refractivity contribution is 0.321. The smallest absolute Gasteiger partial charge is 0.130 e. The first kappa shape index (κ1) is 20.4. The summed E-state index contributed by atoms with van der Waals surface area (Å²) in [6, 6.07) is 13.2. The number of aromatic nitrogens is 2. The highest BCUT2D eigenvalue weighted by Gasteiger charge is 2.14. The van der Waals surface area contributed by atoms with E-state index in [2.05, 4.69) is 46.5 Å². The number of nitrogens with zero attached hydrogens (tertiary/aromatic N) is 3. The van der Waals surface area contributed by atoms with Gasteiger partial charge < -0.3 is 15.0 Å². The number of rotatable bonds is 6. The number of ether oxygens (including phenoxy) is 1. The van der Waals surface area contributed by atoms with E-state index in [0.29, 0.717) is 12.4 Å². The molecule has 2 heterocycles. The Bertz CT molecular complexity index is 1020. The van der Waals surface area contributed by atoms with Crippen molar-refractivity contribution in [2.24, 2.45) is 7.05 Å². The van der Waals surface area contributed by atoms with Crippen LogP contribution in [0.2, 0.25) is 0 Å². The largest absolute Gasteiger partial charge is 0.492 e. The van der Waals surface area contributed by atoms with E-state index in [0.717, 1.165) is 55.1 Å². The van der Waals surface area contributed by atoms with Crippen LogP contribution in [-0.4, -0.2) is 42.6 Å². The van der Waals surface area contributed by atoms with E-state index in [4.69, 9.17) is 4.74 Å². The maximum atomic E-state index is 14.0. The number of nitrogens with one attached hydrogen (secondary N) is 1. The van der Waals surface area contributed by atoms with E-state index in [1.807, 2.05) is 24.7 Å². The highest BCUT2D eigenvalue weighted by atomic mass is 19.1. The Balaban J connectivity index is 1.55. The third-order valence-corrected chi connectivity index (χ3v) is 5.85. The average Bonchev–Trinajstić information content (AvgIpc) is 3.00. The zero-order valence-corrected chi connectivity index (χ0v) is 17.9. The molecular weight excluding hydrogens is 379 g/mol. The summed E-state index contributed by atoms with van der Waals surface area (Å²) < 4.78 is 22.0. The maximum absolute atomic E-state index is 14.0. The van der Waals surface area contributed by atoms with Crippen molar-refractivity contribution in [2.45, 2.75) is 20.3 Å². The Kier molecular flexibility index (Phi) is 6.04. The number of hydrogen-bond donors (Lipinski definition) is 1. The molecule has 0 atom stereocenters. The van der Waals surface area contributed by atoms with Crippen molar-refractivity contribution in [2.75, 3.05) is 37.7 Å². The summed E-state index contributed by atoms with van der Waals surface area (Å²) in [5.41, 5.74) is 6.48. The van der Waals surface area contributed by atoms with Gasteiger partial charge in [0.15, 0.2) is 0 Å². The van der Waals surface area contributed by atoms with Gasteiger partial charge in [-0.25, -0.2) is 4.39 Å². The van der Waals surface area contributed by atoms with E-state index in [1.54, 1.807) is 0 Å². The van der Waals surface area contributed by atoms with E-state index < -0.39 is 0 Å². The monoisotopic (exact) mass is 408 g/mol. The SMILES string of the molecule is Cc1nn(C)c(C)c1CCOc1cc(F)ccc1-c1cccc(N2CCNCC2)c1. The van der Waals surface area contributed by atoms with Crippen molar-refractivity contribution in [3.63, 3.8) is 0 Å². The lowest BCUT2D eigenvalue weighted by atomic mass is 10.0. The molecule has 2 aromatic carbocycles. The van der Waals surface area contributed by atoms with Crippen LogP contribution in [0.5, 0.6) is 5.75 Å². The molecular formula is C24H29FN4O. The van der Waals surface area contributed by atoms with Crippen LogP contribution >= 0.6 is 0 Å². The molecule has 1 fully saturated rings. The quantitative estimate of drug-likeness (QED) is 0.672. The molecule has 6 heteroatoms. The number of aryl methyl sites for hydroxylation is 2. The van der Waals surface area contributed by atoms with Crippen LogP contribution < -0.4 is 15.0 Å². The molecule has 1 aromatic heterocycles. The standard InChI is InChI=1S/C24H29FN4O/c1-17-22(18(2)28(3)27-17)9-14-30-24-16-20(25)7-8-23(24)19-5-4-6-21(15-19)29-12-10-26-11-13-29/h4-8,15-16,26H,9-14H2,1-3H3. The average molecular weight is 409 g/mol. The fraction of sp³-hybridized carbons (Fsp3) is 0.375. The van der Waals surface area contributed by atoms with Gasteiger partial charge in [0.2, 0.25) is 0 Å². The van der Waals surface area contributed by atoms with Gasteiger partial charge in [0.25, 0.3) is 0 Å². The number of halogens is 1. The second-order valence-electron chi connectivity index (χ2n) is 7.80. The molecule has 4 rings (SSSR count). The summed E-state index contributed by atoms with van der Waals surface area (Å²) >= 11 is 0. The third-order valence-electron chi connectivity index (χ3n) is 5.85. The van der Waals surface area contributed by atoms with Crippen molar-refractivity contribution in [3.8, 4) is 16.9 Å². The summed E-state index contributed by atoms with van der Waals surface area (Å²) in [6.45, 7) is 8.49. The molecule has 0 unspecified atom stereocenters. The second kappa shape index (κ2) is 8.88. The number of hydrogen-bond acceptors (Lipinski definition) is 4. The summed E-state index contributed by atoms with van der Waals surface area (Å²) in [5, 5.41) is 7.84. The molecule has 30 heavy (non-hydrogen) atoms. The normalized spacial score (nSPS) is 14.2. The van der Waals surface area contributed by atoms with Crippen LogP contribution in [0.25, 0.3) is 11.1 Å². The Morgan fingerprint density at radius 3 is 2.63 bits per heavy atom. The van der Waals surface area contributed by atoms with Crippen molar-refractivity contribution in [1.82, 2.24) is 15.1 Å². The topological polar surface area (TPSA) is 42.3 Å². The van der Waals surface area contributed by atoms with E-state index in [9.17, 15) is 4.39 Å². The lowest BCUT2D eigenvalue weighted by Crippen LogP contribution is -2.43. The van der Waals surface area contributed by atoms with Gasteiger partial charge in [-0.3, -0.25) is 4.68 Å². The van der Waals surface area contributed by atoms with Gasteiger partial charge in [-0.05, 0) is 49.2 Å². The highest BCUT2D eigenvalue weighted by molar-refractivity contribution is 5.74. The minimum absolute atomic E-state index is 0.291. The molecule has 0 saturated carbocycles. The van der Waals surface area contributed by atoms with Crippen LogP contribution in [0.1, 0.15) is 17.0 Å². The molecule has 3 aromatic rings. The van der Waals surface area contributed by atoms with Gasteiger partial charge >= 0.3 is 0 Å². The number of benzene rings is 2. The van der Waals surface area contributed by atoms with Crippen LogP contribution in [0.3, 0.4) is 0 Å². The van der Waals surface area contributed by atoms with Gasteiger partial charge in [0.1, 0.15) is 11.6 Å². The molecule has 1 aliphatic rings. The van der Waals surface area contributed by atoms with E-state index >= 15 is 0 Å². The maximum Gasteiger partial charge on any atom is 0.130 e. The summed E-state index contributed by atoms with van der Waals surface area (Å²) in [4.78, 5) is 2.37. The van der Waals surface area contributed by atoms with Gasteiger partial charge in [-0.15, -0.1) is 0 Å². The molecule has 1 N–H and O–H groups in total. The van der Waals surface area contributed by atoms with Crippen molar-refractivity contribution < 1.29 is 9.13 Å². The predicted molar refractivity (Wildman–Crippen MR) is 119 cm³/mol. The Labute approximate surface area is 177 Å². The molecule has 0 bridgehead atoms. The van der Waals surface area contributed by atoms with Gasteiger partial charge in [-0.2, -0.15) is 5.10 Å². The van der Waals surface area contributed by atoms with Gasteiger partial charge in [0.05, 0.1) is 12.3 Å². The molecule has 1 saturated heterocycles. The first-order chi connectivity index (χ1) is 14.5. The minimum atomic E-state index is -0.291. The fourth-order valence-electron chi connectivity index (χ4n) is 4.09. The predicted octanol–water partition coefficient (Wildman–Crippen LogP) is 3.87. The van der Waals surface area contributed by atoms with Gasteiger partial charge in [-0.1, -0.05) is 12.1 Å². The summed E-state index contributed by atoms with van der Waals surface area (Å²) in [5.74, 6) is 0.285. The van der Waals surface area contributed by atoms with Crippen LogP contribution in [0, 0.1) is 19.7 Å². The van der Waals surface area contributed by atoms with E-state index in [1.165, 1.54) is 23.4 Å². The van der Waals surface area contributed by atoms with Crippen LogP contribution in [0.4, 0.5) is 10.1 Å². The van der Waals surface area contributed by atoms with E-state index in [-0.39, 0.29) is 5.82 Å². The molecule has 0 radical (unpaired) electrons. The Morgan fingerprint density at radius 1 is 1.10 bits per heavy atom. The molecule has 5 nitrogen and oxygen atoms in total. The Morgan fingerprint density at radius 2 is 1.90 bits per heavy atom. The zero-order chi connectivity index (χ0) is 21.1. The molecule has 158 valence electrons. The lowest BCUT2D eigenvalue weighted by Gasteiger charge is -2.29. The third kappa shape index (κ3) is 4.33. The van der Waals surface area contributed by atoms with Crippen molar-refractivity contribution in [3.05, 3.63) is 65.2 Å². The molecule has 0 spiro atoms. The first-order valence-electron chi connectivity index (χ1n) is 10.5. The molecule has 1 aliphatic heterocycles. The zero-order valence-electron chi connectivity index (χ0n) is 17.9. The minimum Gasteiger partial charge on any atom is -0.492 e. The van der Waals surface area contributed by atoms with Crippen molar-refractivity contribution >= 4 is 5.69 Å². The van der Waals surface area contributed by atoms with Crippen molar-refractivity contribution in [1.29, 1.82) is 0 Å².